The quantitative estimate of drug-likeness (QED) is 0.774. The average molecular weight is 369 g/mol. The van der Waals surface area contributed by atoms with E-state index in [1.165, 1.54) is 0 Å². The number of H-pyrrole nitrogens is 1. The summed E-state index contributed by atoms with van der Waals surface area (Å²) in [6, 6.07) is 5.57. The molecule has 0 aliphatic heterocycles. The molecule has 0 saturated carbocycles. The van der Waals surface area contributed by atoms with Gasteiger partial charge in [0.25, 0.3) is 0 Å². The summed E-state index contributed by atoms with van der Waals surface area (Å²) in [7, 11) is 0. The van der Waals surface area contributed by atoms with Crippen LogP contribution in [0.3, 0.4) is 0 Å². The third-order valence-corrected chi connectivity index (χ3v) is 3.63. The van der Waals surface area contributed by atoms with Crippen LogP contribution in [-0.2, 0) is 11.2 Å². The van der Waals surface area contributed by atoms with E-state index in [9.17, 15) is 9.90 Å². The molecule has 5 nitrogen and oxygen atoms in total. The van der Waals surface area contributed by atoms with Crippen LogP contribution in [0.2, 0.25) is 0 Å². The number of carbonyl (C=O) groups excluding carboxylic acids is 1. The lowest BCUT2D eigenvalue weighted by atomic mass is 10.1. The molecule has 1 atom stereocenters. The van der Waals surface area contributed by atoms with Gasteiger partial charge in [-0.3, -0.25) is 0 Å². The summed E-state index contributed by atoms with van der Waals surface area (Å²) >= 11 is 3.45. The molecule has 1 amide bonds. The number of rotatable bonds is 4. The van der Waals surface area contributed by atoms with Gasteiger partial charge in [0.1, 0.15) is 5.60 Å². The van der Waals surface area contributed by atoms with E-state index in [2.05, 4.69) is 26.2 Å². The summed E-state index contributed by atoms with van der Waals surface area (Å²) in [4.78, 5) is 15.0. The van der Waals surface area contributed by atoms with E-state index in [1.807, 2.05) is 24.4 Å². The first-order chi connectivity index (χ1) is 10.3. The van der Waals surface area contributed by atoms with Gasteiger partial charge in [-0.15, -0.1) is 0 Å². The highest BCUT2D eigenvalue weighted by Gasteiger charge is 2.20. The number of amides is 1. The molecule has 3 N–H and O–H groups in total. The molecule has 6 heteroatoms. The van der Waals surface area contributed by atoms with E-state index < -0.39 is 17.7 Å². The summed E-state index contributed by atoms with van der Waals surface area (Å²) in [5.74, 6) is 0. The van der Waals surface area contributed by atoms with Crippen LogP contribution in [0.5, 0.6) is 0 Å². The van der Waals surface area contributed by atoms with Crippen LogP contribution < -0.4 is 5.32 Å². The highest BCUT2D eigenvalue weighted by Crippen LogP contribution is 2.23. The molecule has 22 heavy (non-hydrogen) atoms. The zero-order chi connectivity index (χ0) is 16.3. The van der Waals surface area contributed by atoms with Crippen LogP contribution in [0, 0.1) is 0 Å². The zero-order valence-electron chi connectivity index (χ0n) is 12.9. The number of aliphatic hydroxyl groups is 1. The third-order valence-electron chi connectivity index (χ3n) is 3.14. The van der Waals surface area contributed by atoms with Crippen molar-refractivity contribution in [2.24, 2.45) is 0 Å². The summed E-state index contributed by atoms with van der Waals surface area (Å²) in [5.41, 5.74) is 1.49. The van der Waals surface area contributed by atoms with Crippen molar-refractivity contribution in [3.05, 3.63) is 34.4 Å². The molecule has 0 aliphatic rings. The highest BCUT2D eigenvalue weighted by molar-refractivity contribution is 9.10. The van der Waals surface area contributed by atoms with Gasteiger partial charge in [-0.05, 0) is 51.0 Å². The van der Waals surface area contributed by atoms with Crippen LogP contribution in [-0.4, -0.2) is 34.4 Å². The lowest BCUT2D eigenvalue weighted by Gasteiger charge is -2.22. The van der Waals surface area contributed by atoms with Crippen LogP contribution in [0.25, 0.3) is 10.9 Å². The topological polar surface area (TPSA) is 74.3 Å². The minimum absolute atomic E-state index is 0.153. The van der Waals surface area contributed by atoms with Gasteiger partial charge in [0.15, 0.2) is 0 Å². The maximum Gasteiger partial charge on any atom is 0.407 e. The monoisotopic (exact) mass is 368 g/mol. The van der Waals surface area contributed by atoms with Gasteiger partial charge < -0.3 is 20.1 Å². The normalized spacial score (nSPS) is 13.1. The molecule has 0 saturated heterocycles. The lowest BCUT2D eigenvalue weighted by molar-refractivity contribution is 0.0483. The van der Waals surface area contributed by atoms with Crippen LogP contribution in [0.4, 0.5) is 4.79 Å². The number of nitrogens with one attached hydrogen (secondary N) is 2. The fourth-order valence-corrected chi connectivity index (χ4v) is 2.58. The second kappa shape index (κ2) is 6.71. The van der Waals surface area contributed by atoms with Gasteiger partial charge in [-0.25, -0.2) is 4.79 Å². The molecule has 1 aromatic heterocycles. The Bertz CT molecular complexity index is 661. The molecule has 0 unspecified atom stereocenters. The van der Waals surface area contributed by atoms with E-state index in [-0.39, 0.29) is 6.61 Å². The lowest BCUT2D eigenvalue weighted by Crippen LogP contribution is -2.42. The van der Waals surface area contributed by atoms with E-state index in [1.54, 1.807) is 20.8 Å². The third kappa shape index (κ3) is 4.48. The Kier molecular flexibility index (Phi) is 5.13. The van der Waals surface area contributed by atoms with Crippen molar-refractivity contribution in [1.82, 2.24) is 10.3 Å². The van der Waals surface area contributed by atoms with Gasteiger partial charge in [-0.2, -0.15) is 0 Å². The van der Waals surface area contributed by atoms with E-state index in [0.29, 0.717) is 6.42 Å². The van der Waals surface area contributed by atoms with Crippen LogP contribution in [0.1, 0.15) is 26.3 Å². The zero-order valence-corrected chi connectivity index (χ0v) is 14.5. The van der Waals surface area contributed by atoms with Crippen molar-refractivity contribution in [3.8, 4) is 0 Å². The number of hydrogen-bond donors (Lipinski definition) is 3. The van der Waals surface area contributed by atoms with E-state index in [4.69, 9.17) is 4.74 Å². The van der Waals surface area contributed by atoms with Gasteiger partial charge in [-0.1, -0.05) is 15.9 Å². The number of ether oxygens (including phenoxy) is 1. The minimum atomic E-state index is -0.560. The van der Waals surface area contributed by atoms with Crippen molar-refractivity contribution in [3.63, 3.8) is 0 Å². The van der Waals surface area contributed by atoms with Gasteiger partial charge in [0.05, 0.1) is 12.6 Å². The van der Waals surface area contributed by atoms with Crippen molar-refractivity contribution >= 4 is 32.9 Å². The number of alkyl carbamates (subject to hydrolysis) is 1. The second-order valence-corrected chi connectivity index (χ2v) is 7.15. The molecule has 0 aliphatic carbocycles. The van der Waals surface area contributed by atoms with Crippen LogP contribution >= 0.6 is 15.9 Å². The fourth-order valence-electron chi connectivity index (χ4n) is 2.22. The van der Waals surface area contributed by atoms with Gasteiger partial charge in [0.2, 0.25) is 0 Å². The summed E-state index contributed by atoms with van der Waals surface area (Å²) in [6.07, 6.45) is 1.90. The molecule has 1 aromatic carbocycles. The first-order valence-electron chi connectivity index (χ1n) is 7.14. The number of fused-ring (bicyclic) bond motifs is 1. The van der Waals surface area contributed by atoms with Gasteiger partial charge >= 0.3 is 6.09 Å². The Hall–Kier alpha value is -1.53. The SMILES string of the molecule is CC(C)(C)OC(=O)N[C@H](CO)Cc1c[nH]c2ccc(Br)cc12. The molecule has 0 radical (unpaired) electrons. The first kappa shape index (κ1) is 16.8. The Balaban J connectivity index is 2.09. The maximum atomic E-state index is 11.8. The van der Waals surface area contributed by atoms with Crippen LogP contribution in [0.15, 0.2) is 28.9 Å². The molecule has 0 fully saturated rings. The second-order valence-electron chi connectivity index (χ2n) is 6.23. The number of aliphatic hydroxyl groups excluding tert-OH is 1. The molecule has 0 bridgehead atoms. The molecule has 2 aromatic rings. The molecular weight excluding hydrogens is 348 g/mol. The summed E-state index contributed by atoms with van der Waals surface area (Å²) in [6.45, 7) is 5.26. The van der Waals surface area contributed by atoms with E-state index in [0.717, 1.165) is 20.9 Å². The Morgan fingerprint density at radius 1 is 1.45 bits per heavy atom. The average Bonchev–Trinajstić information content (AvgIpc) is 2.78. The maximum absolute atomic E-state index is 11.8. The molecule has 120 valence electrons. The number of carbonyl (C=O) groups is 1. The molecule has 1 heterocycles. The van der Waals surface area contributed by atoms with E-state index >= 15 is 0 Å². The Morgan fingerprint density at radius 2 is 2.18 bits per heavy atom. The Labute approximate surface area is 138 Å². The fraction of sp³-hybridized carbons (Fsp3) is 0.438. The van der Waals surface area contributed by atoms with Crippen molar-refractivity contribution in [1.29, 1.82) is 0 Å². The predicted molar refractivity (Wildman–Crippen MR) is 89.9 cm³/mol. The molecule has 2 rings (SSSR count). The van der Waals surface area contributed by atoms with Crippen molar-refractivity contribution < 1.29 is 14.6 Å². The van der Waals surface area contributed by atoms with Crippen molar-refractivity contribution in [2.45, 2.75) is 38.8 Å². The largest absolute Gasteiger partial charge is 0.444 e. The molecule has 0 spiro atoms. The molecular formula is C16H21BrN2O3. The minimum Gasteiger partial charge on any atom is -0.444 e. The predicted octanol–water partition coefficient (Wildman–Crippen LogP) is 3.36. The summed E-state index contributed by atoms with van der Waals surface area (Å²) < 4.78 is 6.21. The Morgan fingerprint density at radius 3 is 2.82 bits per heavy atom. The standard InChI is InChI=1S/C16H21BrN2O3/c1-16(2,3)22-15(21)19-12(9-20)6-10-8-18-14-5-4-11(17)7-13(10)14/h4-5,7-8,12,18,20H,6,9H2,1-3H3,(H,19,21)/t12-/m0/s1. The number of halogens is 1. The number of benzene rings is 1. The first-order valence-corrected chi connectivity index (χ1v) is 7.93. The number of aromatic amines is 1. The number of aromatic nitrogens is 1. The van der Waals surface area contributed by atoms with Gasteiger partial charge in [0, 0.05) is 21.6 Å². The summed E-state index contributed by atoms with van der Waals surface area (Å²) in [5, 5.41) is 13.3. The van der Waals surface area contributed by atoms with Crippen molar-refractivity contribution in [2.75, 3.05) is 6.61 Å². The number of hydrogen-bond acceptors (Lipinski definition) is 3. The highest BCUT2D eigenvalue weighted by atomic mass is 79.9. The smallest absolute Gasteiger partial charge is 0.407 e.